The van der Waals surface area contributed by atoms with Gasteiger partial charge in [0.1, 0.15) is 6.10 Å². The van der Waals surface area contributed by atoms with Crippen molar-refractivity contribution in [1.29, 1.82) is 0 Å². The molecule has 0 N–H and O–H groups in total. The third-order valence-corrected chi connectivity index (χ3v) is 6.60. The lowest BCUT2D eigenvalue weighted by Crippen LogP contribution is -2.42. The number of carbonyl (C=O) groups excluding carboxylic acids is 1. The van der Waals surface area contributed by atoms with Gasteiger partial charge < -0.3 is 14.4 Å². The molecule has 1 aliphatic carbocycles. The molecule has 1 aromatic carbocycles. The predicted molar refractivity (Wildman–Crippen MR) is 109 cm³/mol. The standard InChI is InChI=1S/C22H28BrNO3/c23-17-6-4-16(5-7-17)20-15-27-21-14-18(8-9-19(21)22(20)25)26-13-12-24-10-2-1-3-11-24/h4-7,15,18-19,21H,1-3,8-14H2. The Morgan fingerprint density at radius 3 is 2.67 bits per heavy atom. The molecule has 0 aromatic heterocycles. The van der Waals surface area contributed by atoms with Crippen molar-refractivity contribution >= 4 is 27.3 Å². The lowest BCUT2D eigenvalue weighted by molar-refractivity contribution is -0.128. The minimum atomic E-state index is -0.0366. The number of hydrogen-bond donors (Lipinski definition) is 0. The summed E-state index contributed by atoms with van der Waals surface area (Å²) in [6, 6.07) is 7.85. The average Bonchev–Trinajstić information content (AvgIpc) is 2.70. The molecule has 2 aliphatic heterocycles. The number of ether oxygens (including phenoxy) is 2. The van der Waals surface area contributed by atoms with Crippen molar-refractivity contribution < 1.29 is 14.3 Å². The van der Waals surface area contributed by atoms with Crippen LogP contribution in [0.1, 0.15) is 44.1 Å². The summed E-state index contributed by atoms with van der Waals surface area (Å²) in [6.45, 7) is 4.23. The first-order valence-corrected chi connectivity index (χ1v) is 11.0. The van der Waals surface area contributed by atoms with Gasteiger partial charge in [-0.2, -0.15) is 0 Å². The number of halogens is 1. The normalized spacial score (nSPS) is 29.0. The molecule has 1 aromatic rings. The van der Waals surface area contributed by atoms with Gasteiger partial charge in [0.2, 0.25) is 0 Å². The highest BCUT2D eigenvalue weighted by molar-refractivity contribution is 9.10. The summed E-state index contributed by atoms with van der Waals surface area (Å²) in [6.07, 6.45) is 8.46. The summed E-state index contributed by atoms with van der Waals surface area (Å²) >= 11 is 3.44. The van der Waals surface area contributed by atoms with E-state index in [2.05, 4.69) is 20.8 Å². The van der Waals surface area contributed by atoms with Gasteiger partial charge in [-0.1, -0.05) is 34.5 Å². The fourth-order valence-corrected chi connectivity index (χ4v) is 4.74. The fraction of sp³-hybridized carbons (Fsp3) is 0.591. The zero-order valence-electron chi connectivity index (χ0n) is 15.7. The van der Waals surface area contributed by atoms with Gasteiger partial charge >= 0.3 is 0 Å². The van der Waals surface area contributed by atoms with E-state index >= 15 is 0 Å². The first-order chi connectivity index (χ1) is 13.2. The topological polar surface area (TPSA) is 38.8 Å². The third kappa shape index (κ3) is 4.64. The highest BCUT2D eigenvalue weighted by atomic mass is 79.9. The zero-order chi connectivity index (χ0) is 18.6. The van der Waals surface area contributed by atoms with E-state index in [9.17, 15) is 4.79 Å². The van der Waals surface area contributed by atoms with Gasteiger partial charge in [-0.3, -0.25) is 4.79 Å². The highest BCUT2D eigenvalue weighted by Crippen LogP contribution is 2.37. The first-order valence-electron chi connectivity index (χ1n) is 10.2. The Balaban J connectivity index is 1.30. The minimum Gasteiger partial charge on any atom is -0.496 e. The second-order valence-electron chi connectivity index (χ2n) is 7.89. The molecule has 4 nitrogen and oxygen atoms in total. The van der Waals surface area contributed by atoms with Crippen molar-refractivity contribution in [2.75, 3.05) is 26.2 Å². The van der Waals surface area contributed by atoms with Crippen LogP contribution in [0.25, 0.3) is 5.57 Å². The maximum atomic E-state index is 13.0. The number of carbonyl (C=O) groups is 1. The van der Waals surface area contributed by atoms with Crippen LogP contribution in [0.3, 0.4) is 0 Å². The number of benzene rings is 1. The number of hydrogen-bond acceptors (Lipinski definition) is 4. The molecule has 3 aliphatic rings. The molecule has 2 fully saturated rings. The molecule has 0 radical (unpaired) electrons. The van der Waals surface area contributed by atoms with E-state index in [0.717, 1.165) is 42.5 Å². The number of fused-ring (bicyclic) bond motifs is 1. The predicted octanol–water partition coefficient (Wildman–Crippen LogP) is 4.43. The minimum absolute atomic E-state index is 0.0319. The van der Waals surface area contributed by atoms with Crippen LogP contribution < -0.4 is 0 Å². The Morgan fingerprint density at radius 2 is 1.89 bits per heavy atom. The van der Waals surface area contributed by atoms with Gasteiger partial charge in [0, 0.05) is 17.4 Å². The first kappa shape index (κ1) is 19.2. The SMILES string of the molecule is O=C1C(c2ccc(Br)cc2)=COC2CC(OCCN3CCCCC3)CCC12. The van der Waals surface area contributed by atoms with Crippen LogP contribution in [0.2, 0.25) is 0 Å². The van der Waals surface area contributed by atoms with Gasteiger partial charge in [0.15, 0.2) is 5.78 Å². The molecule has 27 heavy (non-hydrogen) atoms. The van der Waals surface area contributed by atoms with Crippen LogP contribution in [-0.2, 0) is 14.3 Å². The third-order valence-electron chi connectivity index (χ3n) is 6.07. The number of Topliss-reactive ketones (excluding diaryl/α,β-unsaturated/α-hetero) is 1. The van der Waals surface area contributed by atoms with Gasteiger partial charge in [0.05, 0.1) is 30.5 Å². The number of likely N-dealkylation sites (tertiary alicyclic amines) is 1. The summed E-state index contributed by atoms with van der Waals surface area (Å²) in [5.41, 5.74) is 1.63. The summed E-state index contributed by atoms with van der Waals surface area (Å²) in [5.74, 6) is 0.191. The van der Waals surface area contributed by atoms with Crippen molar-refractivity contribution in [1.82, 2.24) is 4.90 Å². The molecule has 4 rings (SSSR count). The molecule has 5 heteroatoms. The van der Waals surface area contributed by atoms with Crippen LogP contribution in [0, 0.1) is 5.92 Å². The molecule has 2 heterocycles. The van der Waals surface area contributed by atoms with E-state index < -0.39 is 0 Å². The second-order valence-corrected chi connectivity index (χ2v) is 8.81. The molecule has 3 unspecified atom stereocenters. The quantitative estimate of drug-likeness (QED) is 0.688. The lowest BCUT2D eigenvalue weighted by Gasteiger charge is -2.38. The maximum Gasteiger partial charge on any atom is 0.173 e. The van der Waals surface area contributed by atoms with E-state index in [-0.39, 0.29) is 23.9 Å². The van der Waals surface area contributed by atoms with Crippen LogP contribution >= 0.6 is 15.9 Å². The van der Waals surface area contributed by atoms with Crippen molar-refractivity contribution in [2.45, 2.75) is 50.7 Å². The molecule has 1 saturated heterocycles. The fourth-order valence-electron chi connectivity index (χ4n) is 4.48. The van der Waals surface area contributed by atoms with E-state index in [4.69, 9.17) is 9.47 Å². The van der Waals surface area contributed by atoms with Crippen molar-refractivity contribution in [2.24, 2.45) is 5.92 Å². The summed E-state index contributed by atoms with van der Waals surface area (Å²) < 4.78 is 13.1. The van der Waals surface area contributed by atoms with Crippen molar-refractivity contribution in [3.8, 4) is 0 Å². The molecular weight excluding hydrogens is 406 g/mol. The molecular formula is C22H28BrNO3. The second kappa shape index (κ2) is 8.89. The van der Waals surface area contributed by atoms with Crippen molar-refractivity contribution in [3.63, 3.8) is 0 Å². The molecule has 3 atom stereocenters. The summed E-state index contributed by atoms with van der Waals surface area (Å²) in [5, 5.41) is 0. The number of rotatable bonds is 5. The lowest BCUT2D eigenvalue weighted by atomic mass is 9.78. The monoisotopic (exact) mass is 433 g/mol. The van der Waals surface area contributed by atoms with E-state index in [0.29, 0.717) is 5.57 Å². The molecule has 146 valence electrons. The largest absolute Gasteiger partial charge is 0.496 e. The molecule has 0 bridgehead atoms. The Kier molecular flexibility index (Phi) is 6.31. The van der Waals surface area contributed by atoms with Crippen LogP contribution in [0.4, 0.5) is 0 Å². The van der Waals surface area contributed by atoms with Crippen molar-refractivity contribution in [3.05, 3.63) is 40.6 Å². The van der Waals surface area contributed by atoms with Gasteiger partial charge in [-0.15, -0.1) is 0 Å². The van der Waals surface area contributed by atoms with Crippen LogP contribution in [-0.4, -0.2) is 49.1 Å². The highest BCUT2D eigenvalue weighted by Gasteiger charge is 2.40. The summed E-state index contributed by atoms with van der Waals surface area (Å²) in [7, 11) is 0. The van der Waals surface area contributed by atoms with Crippen LogP contribution in [0.5, 0.6) is 0 Å². The van der Waals surface area contributed by atoms with E-state index in [1.165, 1.54) is 32.4 Å². The Hall–Kier alpha value is -1.17. The maximum absolute atomic E-state index is 13.0. The number of nitrogens with zero attached hydrogens (tertiary/aromatic N) is 1. The molecule has 1 saturated carbocycles. The van der Waals surface area contributed by atoms with E-state index in [1.54, 1.807) is 6.26 Å². The molecule has 0 amide bonds. The Bertz CT molecular complexity index is 681. The number of allylic oxidation sites excluding steroid dienone is 1. The van der Waals surface area contributed by atoms with Gasteiger partial charge in [-0.25, -0.2) is 0 Å². The smallest absolute Gasteiger partial charge is 0.173 e. The Morgan fingerprint density at radius 1 is 1.11 bits per heavy atom. The average molecular weight is 434 g/mol. The van der Waals surface area contributed by atoms with Gasteiger partial charge in [0.25, 0.3) is 0 Å². The molecule has 0 spiro atoms. The van der Waals surface area contributed by atoms with Gasteiger partial charge in [-0.05, 0) is 56.5 Å². The number of piperidine rings is 1. The number of ketones is 1. The van der Waals surface area contributed by atoms with Crippen LogP contribution in [0.15, 0.2) is 35.0 Å². The Labute approximate surface area is 170 Å². The van der Waals surface area contributed by atoms with E-state index in [1.807, 2.05) is 24.3 Å². The zero-order valence-corrected chi connectivity index (χ0v) is 17.3. The summed E-state index contributed by atoms with van der Waals surface area (Å²) in [4.78, 5) is 15.5.